The lowest BCUT2D eigenvalue weighted by molar-refractivity contribution is 0.0693. The maximum absolute atomic E-state index is 11.0. The predicted octanol–water partition coefficient (Wildman–Crippen LogP) is 2.32. The molecule has 0 aliphatic carbocycles. The van der Waals surface area contributed by atoms with Gasteiger partial charge < -0.3 is 9.67 Å². The normalized spacial score (nSPS) is 10.5. The molecule has 0 amide bonds. The van der Waals surface area contributed by atoms with Crippen LogP contribution in [0.2, 0.25) is 5.02 Å². The number of carboxylic acids is 1. The van der Waals surface area contributed by atoms with Crippen LogP contribution in [0.3, 0.4) is 0 Å². The van der Waals surface area contributed by atoms with Crippen molar-refractivity contribution in [2.45, 2.75) is 10.1 Å². The van der Waals surface area contributed by atoms with E-state index in [1.807, 2.05) is 0 Å². The van der Waals surface area contributed by atoms with E-state index in [1.54, 1.807) is 30.1 Å². The summed E-state index contributed by atoms with van der Waals surface area (Å²) >= 11 is 7.07. The molecule has 0 aliphatic heterocycles. The summed E-state index contributed by atoms with van der Waals surface area (Å²) in [4.78, 5) is 11.6. The van der Waals surface area contributed by atoms with Crippen LogP contribution in [0.15, 0.2) is 34.6 Å². The maximum atomic E-state index is 11.0. The molecule has 0 bridgehead atoms. The molecule has 1 N–H and O–H groups in total. The minimum absolute atomic E-state index is 0.197. The Morgan fingerprint density at radius 2 is 2.29 bits per heavy atom. The Hall–Kier alpha value is -1.53. The van der Waals surface area contributed by atoms with Crippen LogP contribution >= 0.6 is 23.4 Å². The minimum atomic E-state index is -0.994. The number of hydrogen-bond acceptors (Lipinski definition) is 4. The van der Waals surface area contributed by atoms with Crippen LogP contribution in [0.25, 0.3) is 0 Å². The van der Waals surface area contributed by atoms with Gasteiger partial charge in [0, 0.05) is 17.0 Å². The van der Waals surface area contributed by atoms with Crippen molar-refractivity contribution >= 4 is 29.3 Å². The Morgan fingerprint density at radius 1 is 1.53 bits per heavy atom. The maximum Gasteiger partial charge on any atom is 0.336 e. The summed E-state index contributed by atoms with van der Waals surface area (Å²) in [5, 5.41) is 17.8. The van der Waals surface area contributed by atoms with Gasteiger partial charge in [-0.25, -0.2) is 4.79 Å². The molecule has 1 heterocycles. The van der Waals surface area contributed by atoms with Crippen molar-refractivity contribution < 1.29 is 9.90 Å². The average Bonchev–Trinajstić information content (AvgIpc) is 2.64. The van der Waals surface area contributed by atoms with Crippen LogP contribution in [0.5, 0.6) is 0 Å². The monoisotopic (exact) mass is 269 g/mol. The Kier molecular flexibility index (Phi) is 3.35. The number of halogens is 1. The molecule has 17 heavy (non-hydrogen) atoms. The Bertz CT molecular complexity index is 570. The van der Waals surface area contributed by atoms with Crippen LogP contribution in [-0.4, -0.2) is 25.8 Å². The number of nitrogens with zero attached hydrogens (tertiary/aromatic N) is 3. The number of rotatable bonds is 3. The molecule has 0 unspecified atom stereocenters. The molecule has 88 valence electrons. The number of aryl methyl sites for hydroxylation is 1. The lowest BCUT2D eigenvalue weighted by Gasteiger charge is -2.05. The molecule has 0 saturated heterocycles. The summed E-state index contributed by atoms with van der Waals surface area (Å²) < 4.78 is 1.71. The van der Waals surface area contributed by atoms with Gasteiger partial charge in [0.15, 0.2) is 5.16 Å². The zero-order valence-corrected chi connectivity index (χ0v) is 10.4. The molecule has 0 atom stereocenters. The van der Waals surface area contributed by atoms with Gasteiger partial charge in [-0.1, -0.05) is 11.6 Å². The van der Waals surface area contributed by atoms with Crippen molar-refractivity contribution in [2.24, 2.45) is 7.05 Å². The highest BCUT2D eigenvalue weighted by Crippen LogP contribution is 2.30. The van der Waals surface area contributed by atoms with Gasteiger partial charge in [-0.3, -0.25) is 0 Å². The fraction of sp³-hybridized carbons (Fsp3) is 0.100. The topological polar surface area (TPSA) is 68.0 Å². The first-order valence-electron chi connectivity index (χ1n) is 4.62. The number of carbonyl (C=O) groups is 1. The van der Waals surface area contributed by atoms with Crippen molar-refractivity contribution in [3.63, 3.8) is 0 Å². The number of aromatic nitrogens is 3. The first kappa shape index (κ1) is 11.9. The number of hydrogen-bond donors (Lipinski definition) is 1. The van der Waals surface area contributed by atoms with Crippen molar-refractivity contribution in [2.75, 3.05) is 0 Å². The Labute approximate surface area is 106 Å². The number of carboxylic acid groups (broad SMARTS) is 1. The van der Waals surface area contributed by atoms with E-state index in [1.165, 1.54) is 17.8 Å². The van der Waals surface area contributed by atoms with Gasteiger partial charge >= 0.3 is 5.97 Å². The molecule has 7 heteroatoms. The zero-order valence-electron chi connectivity index (χ0n) is 8.79. The summed E-state index contributed by atoms with van der Waals surface area (Å²) in [6.45, 7) is 0. The molecule has 2 rings (SSSR count). The van der Waals surface area contributed by atoms with Crippen molar-refractivity contribution in [3.8, 4) is 0 Å². The lowest BCUT2D eigenvalue weighted by Crippen LogP contribution is -1.99. The second-order valence-electron chi connectivity index (χ2n) is 3.27. The van der Waals surface area contributed by atoms with E-state index in [2.05, 4.69) is 10.2 Å². The second kappa shape index (κ2) is 4.77. The highest BCUT2D eigenvalue weighted by molar-refractivity contribution is 7.99. The van der Waals surface area contributed by atoms with Crippen LogP contribution < -0.4 is 0 Å². The average molecular weight is 270 g/mol. The van der Waals surface area contributed by atoms with Gasteiger partial charge in [0.1, 0.15) is 6.33 Å². The number of benzene rings is 1. The molecule has 0 aliphatic rings. The highest BCUT2D eigenvalue weighted by Gasteiger charge is 2.13. The fourth-order valence-electron chi connectivity index (χ4n) is 1.22. The molecule has 0 fully saturated rings. The second-order valence-corrected chi connectivity index (χ2v) is 4.72. The smallest absolute Gasteiger partial charge is 0.336 e. The van der Waals surface area contributed by atoms with Crippen molar-refractivity contribution in [1.82, 2.24) is 14.8 Å². The molecule has 0 spiro atoms. The van der Waals surface area contributed by atoms with Crippen molar-refractivity contribution in [3.05, 3.63) is 35.1 Å². The highest BCUT2D eigenvalue weighted by atomic mass is 35.5. The predicted molar refractivity (Wildman–Crippen MR) is 63.5 cm³/mol. The lowest BCUT2D eigenvalue weighted by atomic mass is 10.2. The van der Waals surface area contributed by atoms with Gasteiger partial charge in [0.25, 0.3) is 0 Å². The summed E-state index contributed by atoms with van der Waals surface area (Å²) in [5.74, 6) is -0.994. The summed E-state index contributed by atoms with van der Waals surface area (Å²) in [6.07, 6.45) is 1.55. The first-order valence-corrected chi connectivity index (χ1v) is 5.82. The van der Waals surface area contributed by atoms with Gasteiger partial charge in [0.2, 0.25) is 0 Å². The van der Waals surface area contributed by atoms with E-state index in [-0.39, 0.29) is 5.56 Å². The summed E-state index contributed by atoms with van der Waals surface area (Å²) in [5.41, 5.74) is 0.197. The third-order valence-corrected chi connectivity index (χ3v) is 3.39. The summed E-state index contributed by atoms with van der Waals surface area (Å²) in [6, 6.07) is 4.62. The third-order valence-electron chi connectivity index (χ3n) is 2.05. The van der Waals surface area contributed by atoms with E-state index in [4.69, 9.17) is 16.7 Å². The Morgan fingerprint density at radius 3 is 2.88 bits per heavy atom. The Balaban J connectivity index is 2.41. The fourth-order valence-corrected chi connectivity index (χ4v) is 2.38. The van der Waals surface area contributed by atoms with E-state index in [0.717, 1.165) is 0 Å². The van der Waals surface area contributed by atoms with Crippen LogP contribution in [0.1, 0.15) is 10.4 Å². The molecule has 2 aromatic rings. The van der Waals surface area contributed by atoms with Crippen LogP contribution in [0, 0.1) is 0 Å². The quantitative estimate of drug-likeness (QED) is 0.926. The van der Waals surface area contributed by atoms with Gasteiger partial charge in [0.05, 0.1) is 5.56 Å². The molecule has 0 radical (unpaired) electrons. The third kappa shape index (κ3) is 2.59. The van der Waals surface area contributed by atoms with E-state index in [9.17, 15) is 4.79 Å². The van der Waals surface area contributed by atoms with Crippen LogP contribution in [-0.2, 0) is 7.05 Å². The van der Waals surface area contributed by atoms with Gasteiger partial charge in [-0.15, -0.1) is 10.2 Å². The first-order chi connectivity index (χ1) is 8.08. The van der Waals surface area contributed by atoms with E-state index >= 15 is 0 Å². The van der Waals surface area contributed by atoms with Gasteiger partial charge in [-0.2, -0.15) is 0 Å². The molecule has 1 aromatic carbocycles. The molecular weight excluding hydrogens is 262 g/mol. The van der Waals surface area contributed by atoms with Crippen LogP contribution in [0.4, 0.5) is 0 Å². The largest absolute Gasteiger partial charge is 0.478 e. The SMILES string of the molecule is Cn1cnnc1Sc1cc(Cl)ccc1C(=O)O. The standard InChI is InChI=1S/C10H8ClN3O2S/c1-14-5-12-13-10(14)17-8-4-6(11)2-3-7(8)9(15)16/h2-5H,1H3,(H,15,16). The molecule has 0 saturated carbocycles. The van der Waals surface area contributed by atoms with Gasteiger partial charge in [-0.05, 0) is 30.0 Å². The van der Waals surface area contributed by atoms with Crippen molar-refractivity contribution in [1.29, 1.82) is 0 Å². The van der Waals surface area contributed by atoms with E-state index in [0.29, 0.717) is 15.1 Å². The summed E-state index contributed by atoms with van der Waals surface area (Å²) in [7, 11) is 1.79. The zero-order chi connectivity index (χ0) is 12.4. The number of aromatic carboxylic acids is 1. The molecule has 5 nitrogen and oxygen atoms in total. The minimum Gasteiger partial charge on any atom is -0.478 e. The van der Waals surface area contributed by atoms with E-state index < -0.39 is 5.97 Å². The molecule has 1 aromatic heterocycles. The molecular formula is C10H8ClN3O2S.